The van der Waals surface area contributed by atoms with E-state index in [1.165, 1.54) is 7.11 Å². The maximum Gasteiger partial charge on any atom is 0.328 e. The van der Waals surface area contributed by atoms with E-state index in [0.717, 1.165) is 5.56 Å². The Hall–Kier alpha value is -1.36. The van der Waals surface area contributed by atoms with E-state index in [4.69, 9.17) is 0 Å². The van der Waals surface area contributed by atoms with Gasteiger partial charge in [-0.25, -0.2) is 4.79 Å². The number of benzene rings is 1. The smallest absolute Gasteiger partial charge is 0.328 e. The highest BCUT2D eigenvalue weighted by Crippen LogP contribution is 2.04. The summed E-state index contributed by atoms with van der Waals surface area (Å²) in [5.41, 5.74) is 0.970. The third kappa shape index (κ3) is 4.56. The Morgan fingerprint density at radius 1 is 1.35 bits per heavy atom. The number of ether oxygens (including phenoxy) is 1. The molecule has 0 unspecified atom stereocenters. The summed E-state index contributed by atoms with van der Waals surface area (Å²) in [6.07, 6.45) is 0.423. The minimum Gasteiger partial charge on any atom is -0.467 e. The molecule has 0 aliphatic heterocycles. The summed E-state index contributed by atoms with van der Waals surface area (Å²) in [6, 6.07) is 8.82. The van der Waals surface area contributed by atoms with E-state index in [2.05, 4.69) is 26.0 Å². The van der Waals surface area contributed by atoms with Crippen molar-refractivity contribution in [3.05, 3.63) is 35.9 Å². The number of hydrogen-bond donors (Lipinski definition) is 1. The van der Waals surface area contributed by atoms with E-state index in [-0.39, 0.29) is 11.2 Å². The maximum atomic E-state index is 11.5. The van der Waals surface area contributed by atoms with E-state index in [0.29, 0.717) is 6.42 Å². The van der Waals surface area contributed by atoms with E-state index >= 15 is 0 Å². The van der Waals surface area contributed by atoms with Crippen LogP contribution in [0.1, 0.15) is 5.56 Å². The zero-order valence-electron chi connectivity index (χ0n) is 9.48. The summed E-state index contributed by atoms with van der Waals surface area (Å²) in [7, 11) is 1.31. The predicted molar refractivity (Wildman–Crippen MR) is 67.9 cm³/mol. The number of esters is 1. The van der Waals surface area contributed by atoms with Crippen LogP contribution in [0.15, 0.2) is 30.3 Å². The molecule has 4 nitrogen and oxygen atoms in total. The van der Waals surface area contributed by atoms with Crippen LogP contribution in [-0.4, -0.2) is 30.4 Å². The molecule has 1 rings (SSSR count). The van der Waals surface area contributed by atoms with Gasteiger partial charge in [-0.15, -0.1) is 0 Å². The second-order valence-electron chi connectivity index (χ2n) is 3.47. The lowest BCUT2D eigenvalue weighted by atomic mass is 10.1. The number of hydrogen-bond acceptors (Lipinski definition) is 3. The third-order valence-corrected chi connectivity index (χ3v) is 2.73. The molecule has 0 fully saturated rings. The molecule has 0 bridgehead atoms. The topological polar surface area (TPSA) is 55.4 Å². The quantitative estimate of drug-likeness (QED) is 0.658. The monoisotopic (exact) mass is 299 g/mol. The third-order valence-electron chi connectivity index (χ3n) is 2.22. The van der Waals surface area contributed by atoms with Crippen molar-refractivity contribution in [2.24, 2.45) is 0 Å². The lowest BCUT2D eigenvalue weighted by Crippen LogP contribution is -2.43. The number of alkyl halides is 1. The average Bonchev–Trinajstić information content (AvgIpc) is 2.38. The molecule has 0 heterocycles. The molecule has 1 aromatic rings. The van der Waals surface area contributed by atoms with Crippen molar-refractivity contribution >= 4 is 27.8 Å². The second-order valence-corrected chi connectivity index (χ2v) is 4.03. The molecule has 0 aromatic heterocycles. The van der Waals surface area contributed by atoms with Crippen molar-refractivity contribution < 1.29 is 14.3 Å². The minimum absolute atomic E-state index is 0.162. The molecule has 5 heteroatoms. The number of methoxy groups -OCH3 is 1. The van der Waals surface area contributed by atoms with Crippen LogP contribution in [0, 0.1) is 0 Å². The van der Waals surface area contributed by atoms with Crippen molar-refractivity contribution in [1.82, 2.24) is 5.32 Å². The highest BCUT2D eigenvalue weighted by atomic mass is 79.9. The molecule has 0 radical (unpaired) electrons. The Labute approximate surface area is 108 Å². The van der Waals surface area contributed by atoms with Crippen LogP contribution in [-0.2, 0) is 20.7 Å². The lowest BCUT2D eigenvalue weighted by molar-refractivity contribution is -0.144. The van der Waals surface area contributed by atoms with Gasteiger partial charge in [-0.1, -0.05) is 46.3 Å². The molecule has 0 saturated carbocycles. The van der Waals surface area contributed by atoms with Gasteiger partial charge in [0.15, 0.2) is 0 Å². The number of amides is 1. The summed E-state index contributed by atoms with van der Waals surface area (Å²) >= 11 is 3.04. The van der Waals surface area contributed by atoms with Gasteiger partial charge in [-0.3, -0.25) is 4.79 Å². The van der Waals surface area contributed by atoms with E-state index in [1.54, 1.807) is 0 Å². The van der Waals surface area contributed by atoms with Crippen LogP contribution in [0.5, 0.6) is 0 Å². The predicted octanol–water partition coefficient (Wildman–Crippen LogP) is 1.28. The normalized spacial score (nSPS) is 11.6. The number of rotatable bonds is 5. The standard InChI is InChI=1S/C12H14BrNO3/c1-17-12(16)10(14-11(15)8-13)7-9-5-3-2-4-6-9/h2-6,10H,7-8H2,1H3,(H,14,15)/t10-/m0/s1. The minimum atomic E-state index is -0.646. The maximum absolute atomic E-state index is 11.5. The number of nitrogens with one attached hydrogen (secondary N) is 1. The highest BCUT2D eigenvalue weighted by Gasteiger charge is 2.21. The SMILES string of the molecule is COC(=O)[C@H](Cc1ccccc1)NC(=O)CBr. The van der Waals surface area contributed by atoms with Crippen LogP contribution in [0.25, 0.3) is 0 Å². The van der Waals surface area contributed by atoms with Gasteiger partial charge < -0.3 is 10.1 Å². The van der Waals surface area contributed by atoms with E-state index < -0.39 is 12.0 Å². The zero-order chi connectivity index (χ0) is 12.7. The molecule has 0 saturated heterocycles. The van der Waals surface area contributed by atoms with Gasteiger partial charge in [-0.2, -0.15) is 0 Å². The van der Waals surface area contributed by atoms with Crippen LogP contribution >= 0.6 is 15.9 Å². The Morgan fingerprint density at radius 3 is 2.53 bits per heavy atom. The zero-order valence-corrected chi connectivity index (χ0v) is 11.1. The van der Waals surface area contributed by atoms with Crippen LogP contribution < -0.4 is 5.32 Å². The van der Waals surface area contributed by atoms with E-state index in [9.17, 15) is 9.59 Å². The molecule has 1 aromatic carbocycles. The Morgan fingerprint density at radius 2 is 2.00 bits per heavy atom. The summed E-state index contributed by atoms with van der Waals surface area (Å²) in [6.45, 7) is 0. The molecular formula is C12H14BrNO3. The van der Waals surface area contributed by atoms with Crippen molar-refractivity contribution in [2.75, 3.05) is 12.4 Å². The number of carbonyl (C=O) groups is 2. The lowest BCUT2D eigenvalue weighted by Gasteiger charge is -2.15. The van der Waals surface area contributed by atoms with Crippen molar-refractivity contribution in [3.63, 3.8) is 0 Å². The van der Waals surface area contributed by atoms with Gasteiger partial charge in [-0.05, 0) is 5.56 Å². The molecule has 1 N–H and O–H groups in total. The molecular weight excluding hydrogens is 286 g/mol. The van der Waals surface area contributed by atoms with Crippen LogP contribution in [0.3, 0.4) is 0 Å². The first kappa shape index (κ1) is 13.7. The van der Waals surface area contributed by atoms with Gasteiger partial charge in [0.25, 0.3) is 0 Å². The number of halogens is 1. The van der Waals surface area contributed by atoms with Crippen LogP contribution in [0.4, 0.5) is 0 Å². The summed E-state index contributed by atoms with van der Waals surface area (Å²) in [4.78, 5) is 22.8. The van der Waals surface area contributed by atoms with E-state index in [1.807, 2.05) is 30.3 Å². The first-order valence-corrected chi connectivity index (χ1v) is 6.26. The highest BCUT2D eigenvalue weighted by molar-refractivity contribution is 9.09. The molecule has 92 valence electrons. The fraction of sp³-hybridized carbons (Fsp3) is 0.333. The molecule has 0 aliphatic rings. The first-order chi connectivity index (χ1) is 8.17. The van der Waals surface area contributed by atoms with Crippen molar-refractivity contribution in [3.8, 4) is 0 Å². The Bertz CT molecular complexity index is 381. The van der Waals surface area contributed by atoms with Crippen LogP contribution in [0.2, 0.25) is 0 Å². The molecule has 17 heavy (non-hydrogen) atoms. The Kier molecular flexibility index (Phi) is 5.69. The number of carbonyl (C=O) groups excluding carboxylic acids is 2. The van der Waals surface area contributed by atoms with Gasteiger partial charge in [0.05, 0.1) is 12.4 Å². The Balaban J connectivity index is 2.70. The molecule has 0 spiro atoms. The van der Waals surface area contributed by atoms with Gasteiger partial charge in [0.1, 0.15) is 6.04 Å². The van der Waals surface area contributed by atoms with Crippen molar-refractivity contribution in [1.29, 1.82) is 0 Å². The van der Waals surface area contributed by atoms with Gasteiger partial charge in [0, 0.05) is 6.42 Å². The molecule has 1 amide bonds. The second kappa shape index (κ2) is 7.06. The van der Waals surface area contributed by atoms with Gasteiger partial charge in [0.2, 0.25) is 5.91 Å². The van der Waals surface area contributed by atoms with Crippen molar-refractivity contribution in [2.45, 2.75) is 12.5 Å². The molecule has 0 aliphatic carbocycles. The average molecular weight is 300 g/mol. The largest absolute Gasteiger partial charge is 0.467 e. The summed E-state index contributed by atoms with van der Waals surface area (Å²) in [5, 5.41) is 2.77. The fourth-order valence-corrected chi connectivity index (χ4v) is 1.58. The summed E-state index contributed by atoms with van der Waals surface area (Å²) < 4.78 is 4.66. The summed E-state index contributed by atoms with van der Waals surface area (Å²) in [5.74, 6) is -0.681. The molecule has 1 atom stereocenters. The first-order valence-electron chi connectivity index (χ1n) is 5.14. The fourth-order valence-electron chi connectivity index (χ4n) is 1.42. The van der Waals surface area contributed by atoms with Gasteiger partial charge >= 0.3 is 5.97 Å².